The predicted octanol–water partition coefficient (Wildman–Crippen LogP) is 2.40. The Morgan fingerprint density at radius 1 is 1.29 bits per heavy atom. The highest BCUT2D eigenvalue weighted by atomic mass is 16.2. The van der Waals surface area contributed by atoms with E-state index in [-0.39, 0.29) is 6.04 Å². The zero-order chi connectivity index (χ0) is 17.4. The van der Waals surface area contributed by atoms with Crippen LogP contribution in [0.1, 0.15) is 51.3 Å². The van der Waals surface area contributed by atoms with Crippen molar-refractivity contribution in [2.45, 2.75) is 45.7 Å². The number of hydrogen-bond acceptors (Lipinski definition) is 3. The maximum absolute atomic E-state index is 12.2. The first-order chi connectivity index (χ1) is 11.4. The van der Waals surface area contributed by atoms with Crippen LogP contribution in [0, 0.1) is 5.92 Å². The van der Waals surface area contributed by atoms with Crippen molar-refractivity contribution in [2.75, 3.05) is 6.54 Å². The van der Waals surface area contributed by atoms with E-state index in [2.05, 4.69) is 25.9 Å². The van der Waals surface area contributed by atoms with Gasteiger partial charge in [0.2, 0.25) is 0 Å². The van der Waals surface area contributed by atoms with Gasteiger partial charge in [-0.25, -0.2) is 0 Å². The molecule has 1 aliphatic heterocycles. The molecule has 2 amide bonds. The van der Waals surface area contributed by atoms with E-state index >= 15 is 0 Å². The lowest BCUT2D eigenvalue weighted by Gasteiger charge is -2.38. The Kier molecular flexibility index (Phi) is 4.30. The standard InChI is InChI=1S/C18H24N4O2/c1-11(2)22-10-14-6-5-13(8-15(14)20-22)16-7-4-12(3)9-21(16)18(24)17(19)23/h5-6,8,10-12,16H,4,7,9H2,1-3H3,(H2,19,23). The van der Waals surface area contributed by atoms with Crippen molar-refractivity contribution in [3.8, 4) is 0 Å². The van der Waals surface area contributed by atoms with Crippen LogP contribution in [0.15, 0.2) is 24.4 Å². The van der Waals surface area contributed by atoms with Crippen LogP contribution in [0.3, 0.4) is 0 Å². The Morgan fingerprint density at radius 2 is 2.04 bits per heavy atom. The number of benzene rings is 1. The SMILES string of the molecule is CC1CCC(c2ccc3cn(C(C)C)nc3c2)N(C(=O)C(N)=O)C1. The number of carbonyl (C=O) groups is 2. The lowest BCUT2D eigenvalue weighted by Crippen LogP contribution is -2.46. The molecular formula is C18H24N4O2. The summed E-state index contributed by atoms with van der Waals surface area (Å²) in [4.78, 5) is 25.2. The number of nitrogens with two attached hydrogens (primary N) is 1. The molecule has 24 heavy (non-hydrogen) atoms. The average molecular weight is 328 g/mol. The van der Waals surface area contributed by atoms with E-state index < -0.39 is 11.8 Å². The van der Waals surface area contributed by atoms with Crippen LogP contribution in [-0.4, -0.2) is 33.0 Å². The molecule has 1 aromatic carbocycles. The molecule has 128 valence electrons. The first kappa shape index (κ1) is 16.5. The van der Waals surface area contributed by atoms with Gasteiger partial charge in [-0.15, -0.1) is 0 Å². The number of likely N-dealkylation sites (tertiary alicyclic amines) is 1. The van der Waals surface area contributed by atoms with Crippen molar-refractivity contribution in [3.05, 3.63) is 30.0 Å². The highest BCUT2D eigenvalue weighted by Crippen LogP contribution is 2.34. The highest BCUT2D eigenvalue weighted by molar-refractivity contribution is 6.34. The zero-order valence-corrected chi connectivity index (χ0v) is 14.4. The highest BCUT2D eigenvalue weighted by Gasteiger charge is 2.33. The second kappa shape index (κ2) is 6.26. The monoisotopic (exact) mass is 328 g/mol. The first-order valence-electron chi connectivity index (χ1n) is 8.46. The number of carbonyl (C=O) groups excluding carboxylic acids is 2. The molecule has 6 heteroatoms. The van der Waals surface area contributed by atoms with Gasteiger partial charge in [0, 0.05) is 24.2 Å². The third-order valence-corrected chi connectivity index (χ3v) is 4.75. The summed E-state index contributed by atoms with van der Waals surface area (Å²) in [5.74, 6) is -1.12. The molecule has 0 spiro atoms. The molecule has 0 bridgehead atoms. The fraction of sp³-hybridized carbons (Fsp3) is 0.500. The maximum Gasteiger partial charge on any atom is 0.312 e. The van der Waals surface area contributed by atoms with E-state index in [0.29, 0.717) is 18.5 Å². The number of piperidine rings is 1. The van der Waals surface area contributed by atoms with Crippen LogP contribution in [0.5, 0.6) is 0 Å². The second-order valence-corrected chi connectivity index (χ2v) is 7.04. The van der Waals surface area contributed by atoms with Crippen LogP contribution in [0.25, 0.3) is 10.9 Å². The van der Waals surface area contributed by atoms with Gasteiger partial charge in [-0.2, -0.15) is 5.10 Å². The van der Waals surface area contributed by atoms with Gasteiger partial charge in [0.15, 0.2) is 0 Å². The van der Waals surface area contributed by atoms with E-state index in [1.165, 1.54) is 0 Å². The van der Waals surface area contributed by atoms with Crippen molar-refractivity contribution >= 4 is 22.7 Å². The molecule has 2 unspecified atom stereocenters. The number of hydrogen-bond donors (Lipinski definition) is 1. The number of rotatable bonds is 2. The van der Waals surface area contributed by atoms with Crippen molar-refractivity contribution in [2.24, 2.45) is 11.7 Å². The topological polar surface area (TPSA) is 81.2 Å². The molecule has 0 aliphatic carbocycles. The molecule has 1 saturated heterocycles. The average Bonchev–Trinajstić information content (AvgIpc) is 2.97. The van der Waals surface area contributed by atoms with Crippen LogP contribution >= 0.6 is 0 Å². The molecule has 6 nitrogen and oxygen atoms in total. The molecular weight excluding hydrogens is 304 g/mol. The number of nitrogens with zero attached hydrogens (tertiary/aromatic N) is 3. The Bertz CT molecular complexity index is 780. The van der Waals surface area contributed by atoms with Gasteiger partial charge in [-0.05, 0) is 44.2 Å². The number of amides is 2. The molecule has 1 aliphatic rings. The van der Waals surface area contributed by atoms with Crippen molar-refractivity contribution in [1.29, 1.82) is 0 Å². The Balaban J connectivity index is 1.97. The molecule has 1 aromatic heterocycles. The fourth-order valence-electron chi connectivity index (χ4n) is 3.39. The van der Waals surface area contributed by atoms with Gasteiger partial charge in [0.05, 0.1) is 11.6 Å². The van der Waals surface area contributed by atoms with Gasteiger partial charge in [0.25, 0.3) is 0 Å². The normalized spacial score (nSPS) is 21.4. The number of primary amides is 1. The summed E-state index contributed by atoms with van der Waals surface area (Å²) in [6, 6.07) is 6.26. The zero-order valence-electron chi connectivity index (χ0n) is 14.4. The fourth-order valence-corrected chi connectivity index (χ4v) is 3.39. The van der Waals surface area contributed by atoms with Crippen LogP contribution in [0.4, 0.5) is 0 Å². The van der Waals surface area contributed by atoms with Crippen LogP contribution < -0.4 is 5.73 Å². The summed E-state index contributed by atoms with van der Waals surface area (Å²) in [5, 5.41) is 5.68. The quantitative estimate of drug-likeness (QED) is 0.860. The molecule has 1 fully saturated rings. The van der Waals surface area contributed by atoms with Gasteiger partial charge in [-0.1, -0.05) is 19.1 Å². The van der Waals surface area contributed by atoms with Gasteiger partial charge < -0.3 is 10.6 Å². The smallest absolute Gasteiger partial charge is 0.312 e. The third kappa shape index (κ3) is 3.00. The summed E-state index contributed by atoms with van der Waals surface area (Å²) in [7, 11) is 0. The van der Waals surface area contributed by atoms with Crippen LogP contribution in [-0.2, 0) is 9.59 Å². The van der Waals surface area contributed by atoms with Crippen molar-refractivity contribution < 1.29 is 9.59 Å². The summed E-state index contributed by atoms with van der Waals surface area (Å²) < 4.78 is 1.93. The molecule has 0 saturated carbocycles. The summed E-state index contributed by atoms with van der Waals surface area (Å²) in [6.45, 7) is 6.82. The van der Waals surface area contributed by atoms with E-state index in [4.69, 9.17) is 5.73 Å². The van der Waals surface area contributed by atoms with Crippen molar-refractivity contribution in [3.63, 3.8) is 0 Å². The maximum atomic E-state index is 12.2. The Morgan fingerprint density at radius 3 is 2.71 bits per heavy atom. The lowest BCUT2D eigenvalue weighted by molar-refractivity contribution is -0.147. The summed E-state index contributed by atoms with van der Waals surface area (Å²) in [6.07, 6.45) is 3.88. The lowest BCUT2D eigenvalue weighted by atomic mass is 9.89. The first-order valence-corrected chi connectivity index (χ1v) is 8.46. The molecule has 2 N–H and O–H groups in total. The van der Waals surface area contributed by atoms with E-state index in [9.17, 15) is 9.59 Å². The minimum absolute atomic E-state index is 0.116. The predicted molar refractivity (Wildman–Crippen MR) is 92.2 cm³/mol. The number of aromatic nitrogens is 2. The molecule has 2 aromatic rings. The third-order valence-electron chi connectivity index (χ3n) is 4.75. The van der Waals surface area contributed by atoms with E-state index in [0.717, 1.165) is 29.3 Å². The minimum Gasteiger partial charge on any atom is -0.361 e. The molecule has 3 rings (SSSR count). The van der Waals surface area contributed by atoms with Gasteiger partial charge in [-0.3, -0.25) is 14.3 Å². The largest absolute Gasteiger partial charge is 0.361 e. The van der Waals surface area contributed by atoms with E-state index in [1.54, 1.807) is 4.90 Å². The summed E-state index contributed by atoms with van der Waals surface area (Å²) >= 11 is 0. The van der Waals surface area contributed by atoms with Gasteiger partial charge in [0.1, 0.15) is 0 Å². The Hall–Kier alpha value is -2.37. The molecule has 0 radical (unpaired) electrons. The minimum atomic E-state index is -0.890. The summed E-state index contributed by atoms with van der Waals surface area (Å²) in [5.41, 5.74) is 7.15. The second-order valence-electron chi connectivity index (χ2n) is 7.04. The van der Waals surface area contributed by atoms with Crippen LogP contribution in [0.2, 0.25) is 0 Å². The number of fused-ring (bicyclic) bond motifs is 1. The van der Waals surface area contributed by atoms with E-state index in [1.807, 2.05) is 29.1 Å². The Labute approximate surface area is 141 Å². The van der Waals surface area contributed by atoms with Gasteiger partial charge >= 0.3 is 11.8 Å². The molecule has 2 atom stereocenters. The molecule has 2 heterocycles. The van der Waals surface area contributed by atoms with Crippen molar-refractivity contribution in [1.82, 2.24) is 14.7 Å².